The summed E-state index contributed by atoms with van der Waals surface area (Å²) in [5.41, 5.74) is 5.08. The first kappa shape index (κ1) is 29.2. The van der Waals surface area contributed by atoms with E-state index in [1.807, 2.05) is 75.1 Å². The van der Waals surface area contributed by atoms with Crippen molar-refractivity contribution in [3.05, 3.63) is 100.0 Å². The van der Waals surface area contributed by atoms with E-state index in [-0.39, 0.29) is 25.0 Å². The Balaban J connectivity index is 1.80. The van der Waals surface area contributed by atoms with Gasteiger partial charge in [-0.2, -0.15) is 4.98 Å². The van der Waals surface area contributed by atoms with E-state index in [0.717, 1.165) is 27.9 Å². The third-order valence-electron chi connectivity index (χ3n) is 7.77. The van der Waals surface area contributed by atoms with Crippen LogP contribution in [-0.2, 0) is 4.79 Å². The predicted octanol–water partition coefficient (Wildman–Crippen LogP) is 6.70. The van der Waals surface area contributed by atoms with Crippen molar-refractivity contribution >= 4 is 40.3 Å². The van der Waals surface area contributed by atoms with Crippen LogP contribution in [0, 0.1) is 6.92 Å². The Morgan fingerprint density at radius 1 is 1.17 bits per heavy atom. The van der Waals surface area contributed by atoms with Gasteiger partial charge in [0.1, 0.15) is 5.82 Å². The maximum Gasteiger partial charge on any atom is 0.354 e. The molecule has 2 aromatic heterocycles. The van der Waals surface area contributed by atoms with Crippen molar-refractivity contribution in [3.63, 3.8) is 0 Å². The third-order valence-corrected chi connectivity index (χ3v) is 8.09. The molecule has 0 radical (unpaired) electrons. The Morgan fingerprint density at radius 3 is 2.57 bits per heavy atom. The number of nitrogens with zero attached hydrogens (tertiary/aromatic N) is 5. The molecule has 7 nitrogen and oxygen atoms in total. The zero-order valence-corrected chi connectivity index (χ0v) is 25.0. The van der Waals surface area contributed by atoms with Gasteiger partial charge in [0.25, 0.3) is 5.91 Å². The summed E-state index contributed by atoms with van der Waals surface area (Å²) in [7, 11) is 0. The molecule has 1 fully saturated rings. The Bertz CT molecular complexity index is 1800. The van der Waals surface area contributed by atoms with Crippen molar-refractivity contribution in [2.75, 3.05) is 24.5 Å². The van der Waals surface area contributed by atoms with Crippen LogP contribution in [0.15, 0.2) is 72.4 Å². The highest BCUT2D eigenvalue weighted by Gasteiger charge is 2.31. The second-order valence-corrected chi connectivity index (χ2v) is 11.3. The molecule has 42 heavy (non-hydrogen) atoms. The maximum absolute atomic E-state index is 14.1. The van der Waals surface area contributed by atoms with Crippen molar-refractivity contribution in [2.45, 2.75) is 39.7 Å². The highest BCUT2D eigenvalue weighted by atomic mass is 35.5. The van der Waals surface area contributed by atoms with Crippen molar-refractivity contribution < 1.29 is 9.18 Å². The van der Waals surface area contributed by atoms with Gasteiger partial charge in [-0.1, -0.05) is 68.9 Å². The zero-order chi connectivity index (χ0) is 30.3. The van der Waals surface area contributed by atoms with Crippen LogP contribution in [0.25, 0.3) is 33.8 Å². The summed E-state index contributed by atoms with van der Waals surface area (Å²) in [5, 5.41) is 1.17. The molecular weight excluding hydrogens is 553 g/mol. The van der Waals surface area contributed by atoms with Crippen molar-refractivity contribution in [3.8, 4) is 16.8 Å². The first-order chi connectivity index (χ1) is 20.0. The molecule has 0 aliphatic carbocycles. The number of hydrogen-bond acceptors (Lipinski definition) is 5. The molecule has 5 rings (SSSR count). The second-order valence-electron chi connectivity index (χ2n) is 10.9. The SMILES string of the molecule is C=Cc1ccccc1-c1cc2c(cc1Cl)c(N1CCN(C(=O)C(=C)F)C[C@@H]1C)nc(=O)n2-c1c(C)ccnc1C(C)C. The largest absolute Gasteiger partial charge is 0.354 e. The number of piperazine rings is 1. The third kappa shape index (κ3) is 5.11. The van der Waals surface area contributed by atoms with Crippen molar-refractivity contribution in [1.29, 1.82) is 0 Å². The van der Waals surface area contributed by atoms with Gasteiger partial charge < -0.3 is 9.80 Å². The van der Waals surface area contributed by atoms with E-state index >= 15 is 0 Å². The van der Waals surface area contributed by atoms with Crippen molar-refractivity contribution in [1.82, 2.24) is 19.4 Å². The zero-order valence-electron chi connectivity index (χ0n) is 24.2. The number of benzene rings is 2. The van der Waals surface area contributed by atoms with Crippen molar-refractivity contribution in [2.24, 2.45) is 0 Å². The number of aryl methyl sites for hydroxylation is 1. The van der Waals surface area contributed by atoms with Crippen LogP contribution < -0.4 is 10.6 Å². The Labute approximate surface area is 249 Å². The molecule has 9 heteroatoms. The number of fused-ring (bicyclic) bond motifs is 1. The first-order valence-electron chi connectivity index (χ1n) is 13.9. The molecule has 1 amide bonds. The lowest BCUT2D eigenvalue weighted by molar-refractivity contribution is -0.129. The average Bonchev–Trinajstić information content (AvgIpc) is 2.96. The lowest BCUT2D eigenvalue weighted by Crippen LogP contribution is -2.54. The van der Waals surface area contributed by atoms with E-state index in [1.54, 1.807) is 16.8 Å². The maximum atomic E-state index is 14.1. The highest BCUT2D eigenvalue weighted by Crippen LogP contribution is 2.38. The molecule has 0 spiro atoms. The number of carbonyl (C=O) groups is 1. The molecule has 0 bridgehead atoms. The number of hydrogen-bond donors (Lipinski definition) is 0. The van der Waals surface area contributed by atoms with Crippen LogP contribution >= 0.6 is 11.6 Å². The number of aromatic nitrogens is 3. The van der Waals surface area contributed by atoms with Gasteiger partial charge in [0.2, 0.25) is 0 Å². The minimum absolute atomic E-state index is 0.0469. The monoisotopic (exact) mass is 585 g/mol. The number of pyridine rings is 1. The van der Waals surface area contributed by atoms with Crippen LogP contribution in [0.1, 0.15) is 43.5 Å². The fourth-order valence-corrected chi connectivity index (χ4v) is 5.97. The van der Waals surface area contributed by atoms with E-state index in [9.17, 15) is 14.0 Å². The Morgan fingerprint density at radius 2 is 1.90 bits per heavy atom. The Kier molecular flexibility index (Phi) is 8.01. The van der Waals surface area contributed by atoms with E-state index in [2.05, 4.69) is 23.1 Å². The minimum Gasteiger partial charge on any atom is -0.350 e. The first-order valence-corrected chi connectivity index (χ1v) is 14.3. The number of carbonyl (C=O) groups excluding carboxylic acids is 1. The number of halogens is 2. The molecule has 3 heterocycles. The van der Waals surface area contributed by atoms with Crippen LogP contribution in [-0.4, -0.2) is 51.0 Å². The molecule has 1 saturated heterocycles. The fourth-order valence-electron chi connectivity index (χ4n) is 5.70. The van der Waals surface area contributed by atoms with Gasteiger partial charge in [-0.3, -0.25) is 14.3 Å². The van der Waals surface area contributed by atoms with Gasteiger partial charge in [0.05, 0.1) is 16.9 Å². The van der Waals surface area contributed by atoms with Crippen LogP contribution in [0.3, 0.4) is 0 Å². The van der Waals surface area contributed by atoms with Gasteiger partial charge >= 0.3 is 5.69 Å². The molecule has 0 unspecified atom stereocenters. The van der Waals surface area contributed by atoms with Crippen LogP contribution in [0.4, 0.5) is 10.2 Å². The molecule has 1 aliphatic heterocycles. The van der Waals surface area contributed by atoms with E-state index in [1.165, 1.54) is 4.90 Å². The summed E-state index contributed by atoms with van der Waals surface area (Å²) in [5.74, 6) is -1.21. The van der Waals surface area contributed by atoms with Gasteiger partial charge in [0, 0.05) is 47.8 Å². The lowest BCUT2D eigenvalue weighted by atomic mass is 9.97. The highest BCUT2D eigenvalue weighted by molar-refractivity contribution is 6.34. The standard InChI is InChI=1S/C33H33ClFN5O2/c1-7-23-10-8-9-11-24(23)25-17-28-26(16-27(25)34)31(39-15-14-38(18-21(39)5)32(41)22(6)35)37-33(42)40(28)30-20(4)12-13-36-29(30)19(2)3/h7-13,16-17,19,21H,1,6,14-15,18H2,2-5H3/t21-/m0/s1. The van der Waals surface area contributed by atoms with E-state index in [4.69, 9.17) is 11.6 Å². The Hall–Kier alpha value is -4.30. The van der Waals surface area contributed by atoms with Gasteiger partial charge in [-0.15, -0.1) is 0 Å². The fraction of sp³-hybridized carbons (Fsp3) is 0.273. The number of anilines is 1. The van der Waals surface area contributed by atoms with E-state index in [0.29, 0.717) is 34.0 Å². The quantitative estimate of drug-likeness (QED) is 0.236. The second kappa shape index (κ2) is 11.5. The lowest BCUT2D eigenvalue weighted by Gasteiger charge is -2.40. The van der Waals surface area contributed by atoms with Gasteiger partial charge in [-0.25, -0.2) is 9.18 Å². The summed E-state index contributed by atoms with van der Waals surface area (Å²) in [6.07, 6.45) is 3.53. The van der Waals surface area contributed by atoms with Crippen LogP contribution in [0.5, 0.6) is 0 Å². The normalized spacial score (nSPS) is 15.4. The molecule has 2 aromatic carbocycles. The molecule has 1 aliphatic rings. The van der Waals surface area contributed by atoms with Gasteiger partial charge in [-0.05, 0) is 54.7 Å². The summed E-state index contributed by atoms with van der Waals surface area (Å²) in [6, 6.07) is 13.2. The number of rotatable bonds is 6. The summed E-state index contributed by atoms with van der Waals surface area (Å²) >= 11 is 6.98. The average molecular weight is 586 g/mol. The predicted molar refractivity (Wildman–Crippen MR) is 168 cm³/mol. The smallest absolute Gasteiger partial charge is 0.350 e. The number of amides is 1. The molecule has 216 valence electrons. The van der Waals surface area contributed by atoms with Crippen LogP contribution in [0.2, 0.25) is 5.02 Å². The minimum atomic E-state index is -0.992. The van der Waals surface area contributed by atoms with E-state index < -0.39 is 17.4 Å². The topological polar surface area (TPSA) is 71.3 Å². The summed E-state index contributed by atoms with van der Waals surface area (Å²) in [6.45, 7) is 15.9. The summed E-state index contributed by atoms with van der Waals surface area (Å²) in [4.78, 5) is 39.0. The molecule has 4 aromatic rings. The molecule has 0 saturated carbocycles. The molecule has 0 N–H and O–H groups in total. The molecule has 1 atom stereocenters. The van der Waals surface area contributed by atoms with Gasteiger partial charge in [0.15, 0.2) is 5.83 Å². The summed E-state index contributed by atoms with van der Waals surface area (Å²) < 4.78 is 15.2. The molecular formula is C33H33ClFN5O2.